The molecule has 0 fully saturated rings. The van der Waals surface area contributed by atoms with E-state index in [1.165, 1.54) is 5.56 Å². The van der Waals surface area contributed by atoms with Gasteiger partial charge in [0.1, 0.15) is 6.54 Å². The van der Waals surface area contributed by atoms with Crippen LogP contribution in [-0.4, -0.2) is 17.1 Å². The molecular weight excluding hydrogens is 193 g/mol. The van der Waals surface area contributed by atoms with E-state index in [0.29, 0.717) is 10.0 Å². The zero-order chi connectivity index (χ0) is 9.03. The van der Waals surface area contributed by atoms with Gasteiger partial charge in [-0.1, -0.05) is 41.9 Å². The van der Waals surface area contributed by atoms with Crippen LogP contribution in [0.25, 0.3) is 0 Å². The quantitative estimate of drug-likeness (QED) is 0.404. The number of hydrogen-bond acceptors (Lipinski definition) is 0. The molecule has 0 aliphatic heterocycles. The third-order valence-electron chi connectivity index (χ3n) is 1.60. The van der Waals surface area contributed by atoms with Crippen LogP contribution in [0.2, 0.25) is 0 Å². The highest BCUT2D eigenvalue weighted by atomic mass is 35.5. The third kappa shape index (κ3) is 3.02. The Morgan fingerprint density at radius 3 is 2.33 bits per heavy atom. The lowest BCUT2D eigenvalue weighted by Crippen LogP contribution is -2.30. The minimum absolute atomic E-state index is 0.297. The molecule has 0 saturated carbocycles. The van der Waals surface area contributed by atoms with Gasteiger partial charge in [0.25, 0.3) is 0 Å². The average Bonchev–Trinajstić information content (AvgIpc) is 2.06. The van der Waals surface area contributed by atoms with Crippen molar-refractivity contribution in [1.82, 2.24) is 0 Å². The summed E-state index contributed by atoms with van der Waals surface area (Å²) in [4.78, 5) is 0. The van der Waals surface area contributed by atoms with Crippen molar-refractivity contribution < 1.29 is 4.00 Å². The first-order valence-corrected chi connectivity index (χ1v) is 4.65. The molecule has 1 aromatic rings. The summed E-state index contributed by atoms with van der Waals surface area (Å²) < 4.78 is 0.297. The van der Waals surface area contributed by atoms with Crippen LogP contribution in [0.4, 0.5) is 0 Å². The van der Waals surface area contributed by atoms with Crippen molar-refractivity contribution in [2.45, 2.75) is 6.54 Å². The second kappa shape index (κ2) is 4.13. The van der Waals surface area contributed by atoms with Crippen molar-refractivity contribution in [2.75, 3.05) is 13.1 Å². The minimum atomic E-state index is 0.297. The van der Waals surface area contributed by atoms with Gasteiger partial charge < -0.3 is 0 Å². The lowest BCUT2D eigenvalue weighted by molar-refractivity contribution is -0.795. The van der Waals surface area contributed by atoms with E-state index in [4.69, 9.17) is 23.4 Å². The van der Waals surface area contributed by atoms with Gasteiger partial charge in [0.2, 0.25) is 0 Å². The molecule has 0 aliphatic rings. The maximum absolute atomic E-state index is 6.06. The molecule has 0 radical (unpaired) electrons. The maximum Gasteiger partial charge on any atom is 0.171 e. The van der Waals surface area contributed by atoms with Crippen LogP contribution in [0.15, 0.2) is 30.3 Å². The summed E-state index contributed by atoms with van der Waals surface area (Å²) in [5.74, 6) is 0. The number of rotatable bonds is 3. The largest absolute Gasteiger partial charge is 0.208 e. The summed E-state index contributed by atoms with van der Waals surface area (Å²) in [6.45, 7) is 0.756. The lowest BCUT2D eigenvalue weighted by Gasteiger charge is -2.20. The molecule has 1 unspecified atom stereocenters. The summed E-state index contributed by atoms with van der Waals surface area (Å²) in [6, 6.07) is 10.5. The standard InChI is InChI=1S/C9H12Cl2N/c1-12(11,8-10)7-9-5-3-2-4-6-9/h2-6H,7-8H2,1H3/q+1. The highest BCUT2D eigenvalue weighted by Gasteiger charge is 2.17. The molecule has 0 N–H and O–H groups in total. The second-order valence-electron chi connectivity index (χ2n) is 3.03. The van der Waals surface area contributed by atoms with Gasteiger partial charge in [0, 0.05) is 5.56 Å². The van der Waals surface area contributed by atoms with Crippen molar-refractivity contribution in [1.29, 1.82) is 0 Å². The van der Waals surface area contributed by atoms with Gasteiger partial charge in [-0.3, -0.25) is 0 Å². The van der Waals surface area contributed by atoms with Gasteiger partial charge in [0.15, 0.2) is 17.8 Å². The van der Waals surface area contributed by atoms with Crippen LogP contribution in [0.1, 0.15) is 5.56 Å². The van der Waals surface area contributed by atoms with E-state index in [0.717, 1.165) is 6.54 Å². The molecule has 0 spiro atoms. The first-order chi connectivity index (χ1) is 5.64. The Hall–Kier alpha value is -0.240. The Kier molecular flexibility index (Phi) is 3.39. The predicted molar refractivity (Wildman–Crippen MR) is 52.9 cm³/mol. The molecule has 12 heavy (non-hydrogen) atoms. The van der Waals surface area contributed by atoms with E-state index in [2.05, 4.69) is 0 Å². The van der Waals surface area contributed by atoms with Gasteiger partial charge in [-0.15, -0.1) is 0 Å². The number of quaternary nitrogens is 1. The van der Waals surface area contributed by atoms with Gasteiger partial charge in [0.05, 0.1) is 7.05 Å². The molecule has 66 valence electrons. The summed E-state index contributed by atoms with van der Waals surface area (Å²) >= 11 is 11.7. The van der Waals surface area contributed by atoms with Gasteiger partial charge in [-0.05, 0) is 0 Å². The van der Waals surface area contributed by atoms with Crippen molar-refractivity contribution in [3.05, 3.63) is 35.9 Å². The zero-order valence-corrected chi connectivity index (χ0v) is 8.52. The molecule has 0 aliphatic carbocycles. The molecule has 1 rings (SSSR count). The Morgan fingerprint density at radius 2 is 1.83 bits per heavy atom. The maximum atomic E-state index is 6.06. The first-order valence-electron chi connectivity index (χ1n) is 3.78. The average molecular weight is 205 g/mol. The molecule has 3 heteroatoms. The molecule has 0 heterocycles. The monoisotopic (exact) mass is 204 g/mol. The van der Waals surface area contributed by atoms with Crippen LogP contribution < -0.4 is 0 Å². The Bertz CT molecular complexity index is 234. The highest BCUT2D eigenvalue weighted by molar-refractivity contribution is 6.19. The highest BCUT2D eigenvalue weighted by Crippen LogP contribution is 2.15. The van der Waals surface area contributed by atoms with Gasteiger partial charge >= 0.3 is 0 Å². The molecule has 0 amide bonds. The molecule has 0 bridgehead atoms. The topological polar surface area (TPSA) is 0 Å². The lowest BCUT2D eigenvalue weighted by atomic mass is 10.2. The third-order valence-corrected chi connectivity index (χ3v) is 2.49. The van der Waals surface area contributed by atoms with Crippen LogP contribution in [0.5, 0.6) is 0 Å². The molecule has 1 atom stereocenters. The number of nitrogens with zero attached hydrogens (tertiary/aromatic N) is 1. The summed E-state index contributed by atoms with van der Waals surface area (Å²) in [6.07, 6.45) is 0. The van der Waals surface area contributed by atoms with Gasteiger partial charge in [-0.2, -0.15) is 0 Å². The summed E-state index contributed by atoms with van der Waals surface area (Å²) in [7, 11) is 1.89. The molecule has 1 aromatic carbocycles. The van der Waals surface area contributed by atoms with E-state index in [-0.39, 0.29) is 0 Å². The fraction of sp³-hybridized carbons (Fsp3) is 0.333. The number of halogens is 2. The zero-order valence-electron chi connectivity index (χ0n) is 7.00. The number of hydrogen-bond donors (Lipinski definition) is 0. The van der Waals surface area contributed by atoms with E-state index >= 15 is 0 Å². The van der Waals surface area contributed by atoms with Crippen molar-refractivity contribution in [2.24, 2.45) is 0 Å². The number of benzene rings is 1. The molecule has 1 nitrogen and oxygen atoms in total. The van der Waals surface area contributed by atoms with E-state index in [1.807, 2.05) is 37.4 Å². The number of alkyl halides is 1. The van der Waals surface area contributed by atoms with Crippen LogP contribution in [0, 0.1) is 0 Å². The van der Waals surface area contributed by atoms with Crippen LogP contribution in [0.3, 0.4) is 0 Å². The van der Waals surface area contributed by atoms with Crippen molar-refractivity contribution in [3.63, 3.8) is 0 Å². The fourth-order valence-corrected chi connectivity index (χ4v) is 1.23. The normalized spacial score (nSPS) is 15.6. The second-order valence-corrected chi connectivity index (χ2v) is 4.08. The Labute approximate surface area is 83.2 Å². The molecule has 0 aromatic heterocycles. The smallest absolute Gasteiger partial charge is 0.171 e. The Morgan fingerprint density at radius 1 is 1.25 bits per heavy atom. The van der Waals surface area contributed by atoms with Crippen molar-refractivity contribution >= 4 is 23.4 Å². The van der Waals surface area contributed by atoms with E-state index < -0.39 is 0 Å². The van der Waals surface area contributed by atoms with Crippen LogP contribution in [-0.2, 0) is 6.54 Å². The summed E-state index contributed by atoms with van der Waals surface area (Å²) in [5, 5.41) is 0. The molecule has 0 saturated heterocycles. The van der Waals surface area contributed by atoms with Crippen molar-refractivity contribution in [3.8, 4) is 0 Å². The predicted octanol–water partition coefficient (Wildman–Crippen LogP) is 2.98. The van der Waals surface area contributed by atoms with E-state index in [9.17, 15) is 0 Å². The first kappa shape index (κ1) is 9.85. The minimum Gasteiger partial charge on any atom is -0.208 e. The fourth-order valence-electron chi connectivity index (χ4n) is 1.01. The van der Waals surface area contributed by atoms with Crippen LogP contribution >= 0.6 is 23.4 Å². The van der Waals surface area contributed by atoms with Gasteiger partial charge in [-0.25, -0.2) is 4.00 Å². The SMILES string of the molecule is C[N+](Cl)(CCl)Cc1ccccc1. The Balaban J connectivity index is 2.64. The van der Waals surface area contributed by atoms with E-state index in [1.54, 1.807) is 0 Å². The molecular formula is C9H12Cl2N+. The summed E-state index contributed by atoms with van der Waals surface area (Å²) in [5.41, 5.74) is 1.20.